The zero-order valence-corrected chi connectivity index (χ0v) is 16.8. The predicted molar refractivity (Wildman–Crippen MR) is 110 cm³/mol. The number of benzene rings is 2. The molecule has 2 heterocycles. The van der Waals surface area contributed by atoms with Crippen molar-refractivity contribution in [3.63, 3.8) is 0 Å². The normalized spacial score (nSPS) is 16.9. The number of non-ortho nitro benzene ring substituents is 1. The number of piperazine rings is 1. The zero-order valence-electron chi connectivity index (χ0n) is 16.8. The van der Waals surface area contributed by atoms with E-state index in [9.17, 15) is 14.9 Å². The third kappa shape index (κ3) is 4.46. The average molecular weight is 413 g/mol. The molecule has 2 N–H and O–H groups in total. The number of hydrogen-bond acceptors (Lipinski definition) is 6. The summed E-state index contributed by atoms with van der Waals surface area (Å²) in [6, 6.07) is 12.2. The number of nitrogens with one attached hydrogen (secondary N) is 2. The van der Waals surface area contributed by atoms with E-state index >= 15 is 0 Å². The molecular formula is C21H25N4O5+. The van der Waals surface area contributed by atoms with Gasteiger partial charge in [-0.25, -0.2) is 0 Å². The summed E-state index contributed by atoms with van der Waals surface area (Å²) < 4.78 is 10.7. The first-order chi connectivity index (χ1) is 14.5. The molecule has 0 bridgehead atoms. The van der Waals surface area contributed by atoms with Crippen LogP contribution in [0.1, 0.15) is 18.5 Å². The van der Waals surface area contributed by atoms with Crippen molar-refractivity contribution < 1.29 is 24.1 Å². The second-order valence-electron chi connectivity index (χ2n) is 7.59. The van der Waals surface area contributed by atoms with E-state index in [0.29, 0.717) is 12.3 Å². The van der Waals surface area contributed by atoms with Crippen molar-refractivity contribution in [3.8, 4) is 11.5 Å². The molecule has 2 aromatic carbocycles. The number of nitro groups is 1. The summed E-state index contributed by atoms with van der Waals surface area (Å²) in [5.41, 5.74) is 2.04. The van der Waals surface area contributed by atoms with Gasteiger partial charge in [0.2, 0.25) is 6.79 Å². The fourth-order valence-corrected chi connectivity index (χ4v) is 3.83. The Bertz CT molecular complexity index is 925. The van der Waals surface area contributed by atoms with Crippen LogP contribution in [-0.2, 0) is 4.79 Å². The lowest BCUT2D eigenvalue weighted by Crippen LogP contribution is -3.15. The van der Waals surface area contributed by atoms with Crippen LogP contribution in [0.4, 0.5) is 11.4 Å². The van der Waals surface area contributed by atoms with Gasteiger partial charge in [0.15, 0.2) is 18.0 Å². The van der Waals surface area contributed by atoms with Gasteiger partial charge in [-0.15, -0.1) is 0 Å². The van der Waals surface area contributed by atoms with Crippen LogP contribution in [0.2, 0.25) is 0 Å². The van der Waals surface area contributed by atoms with Crippen LogP contribution in [0.25, 0.3) is 0 Å². The average Bonchev–Trinajstić information content (AvgIpc) is 3.22. The third-order valence-electron chi connectivity index (χ3n) is 5.58. The molecule has 1 fully saturated rings. The highest BCUT2D eigenvalue weighted by molar-refractivity contribution is 5.77. The third-order valence-corrected chi connectivity index (χ3v) is 5.58. The van der Waals surface area contributed by atoms with Gasteiger partial charge in [0, 0.05) is 17.8 Å². The van der Waals surface area contributed by atoms with Gasteiger partial charge in [-0.1, -0.05) is 6.07 Å². The van der Waals surface area contributed by atoms with Crippen LogP contribution in [0.3, 0.4) is 0 Å². The molecule has 30 heavy (non-hydrogen) atoms. The number of amides is 1. The summed E-state index contributed by atoms with van der Waals surface area (Å²) in [5.74, 6) is 1.45. The maximum absolute atomic E-state index is 12.5. The van der Waals surface area contributed by atoms with Crippen molar-refractivity contribution in [2.45, 2.75) is 13.0 Å². The molecular weight excluding hydrogens is 388 g/mol. The SMILES string of the molecule is C[C@@H](NC(=O)C[NH+]1CCN(c2ccc([N+](=O)[O-])cc2)CC1)c1ccc2c(c1)OCO2. The van der Waals surface area contributed by atoms with Gasteiger partial charge in [-0.05, 0) is 36.8 Å². The standard InChI is InChI=1S/C21H24N4O5/c1-15(16-2-7-19-20(12-16)30-14-29-19)22-21(26)13-23-8-10-24(11-9-23)17-3-5-18(6-4-17)25(27)28/h2-7,12,15H,8-11,13-14H2,1H3,(H,22,26)/p+1/t15-/m1/s1. The molecule has 2 aromatic rings. The van der Waals surface area contributed by atoms with Crippen LogP contribution in [0.5, 0.6) is 11.5 Å². The van der Waals surface area contributed by atoms with E-state index in [0.717, 1.165) is 43.2 Å². The molecule has 0 unspecified atom stereocenters. The molecule has 9 heteroatoms. The summed E-state index contributed by atoms with van der Waals surface area (Å²) in [6.07, 6.45) is 0. The Hall–Kier alpha value is -3.33. The maximum atomic E-state index is 12.5. The number of rotatable bonds is 6. The van der Waals surface area contributed by atoms with E-state index in [1.807, 2.05) is 25.1 Å². The topological polar surface area (TPSA) is 98.4 Å². The first-order valence-electron chi connectivity index (χ1n) is 10.0. The Labute approximate surface area is 174 Å². The Morgan fingerprint density at radius 2 is 1.87 bits per heavy atom. The van der Waals surface area contributed by atoms with Crippen LogP contribution in [0, 0.1) is 10.1 Å². The first kappa shape index (κ1) is 20.0. The van der Waals surface area contributed by atoms with Crippen molar-refractivity contribution in [1.29, 1.82) is 0 Å². The summed E-state index contributed by atoms with van der Waals surface area (Å²) in [7, 11) is 0. The van der Waals surface area contributed by atoms with E-state index in [1.54, 1.807) is 12.1 Å². The van der Waals surface area contributed by atoms with Gasteiger partial charge in [0.05, 0.1) is 37.1 Å². The summed E-state index contributed by atoms with van der Waals surface area (Å²) >= 11 is 0. The highest BCUT2D eigenvalue weighted by Crippen LogP contribution is 2.34. The van der Waals surface area contributed by atoms with E-state index in [2.05, 4.69) is 10.2 Å². The summed E-state index contributed by atoms with van der Waals surface area (Å²) in [4.78, 5) is 26.3. The van der Waals surface area contributed by atoms with E-state index < -0.39 is 4.92 Å². The Morgan fingerprint density at radius 1 is 1.17 bits per heavy atom. The van der Waals surface area contributed by atoms with Crippen molar-refractivity contribution >= 4 is 17.3 Å². The number of fused-ring (bicyclic) bond motifs is 1. The lowest BCUT2D eigenvalue weighted by atomic mass is 10.1. The van der Waals surface area contributed by atoms with Gasteiger partial charge in [-0.3, -0.25) is 14.9 Å². The lowest BCUT2D eigenvalue weighted by Gasteiger charge is -2.33. The van der Waals surface area contributed by atoms with Crippen LogP contribution in [0.15, 0.2) is 42.5 Å². The number of carbonyl (C=O) groups is 1. The van der Waals surface area contributed by atoms with Crippen molar-refractivity contribution in [3.05, 3.63) is 58.1 Å². The molecule has 1 atom stereocenters. The minimum absolute atomic E-state index is 0.0129. The molecule has 4 rings (SSSR count). The van der Waals surface area contributed by atoms with Gasteiger partial charge >= 0.3 is 0 Å². The highest BCUT2D eigenvalue weighted by atomic mass is 16.7. The van der Waals surface area contributed by atoms with Crippen LogP contribution in [-0.4, -0.2) is 50.3 Å². The van der Waals surface area contributed by atoms with Crippen LogP contribution >= 0.6 is 0 Å². The lowest BCUT2D eigenvalue weighted by molar-refractivity contribution is -0.892. The molecule has 9 nitrogen and oxygen atoms in total. The molecule has 2 aliphatic heterocycles. The van der Waals surface area contributed by atoms with E-state index in [-0.39, 0.29) is 24.4 Å². The molecule has 158 valence electrons. The number of hydrogen-bond donors (Lipinski definition) is 2. The maximum Gasteiger partial charge on any atom is 0.275 e. The van der Waals surface area contributed by atoms with E-state index in [4.69, 9.17) is 9.47 Å². The monoisotopic (exact) mass is 413 g/mol. The summed E-state index contributed by atoms with van der Waals surface area (Å²) in [5, 5.41) is 13.9. The quantitative estimate of drug-likeness (QED) is 0.540. The number of quaternary nitrogens is 1. The van der Waals surface area contributed by atoms with Crippen molar-refractivity contribution in [1.82, 2.24) is 5.32 Å². The Balaban J connectivity index is 1.25. The molecule has 0 saturated carbocycles. The largest absolute Gasteiger partial charge is 0.454 e. The second kappa shape index (κ2) is 8.58. The second-order valence-corrected chi connectivity index (χ2v) is 7.59. The van der Waals surface area contributed by atoms with Gasteiger partial charge in [0.1, 0.15) is 0 Å². The van der Waals surface area contributed by atoms with Gasteiger partial charge in [0.25, 0.3) is 11.6 Å². The van der Waals surface area contributed by atoms with Gasteiger partial charge < -0.3 is 24.6 Å². The van der Waals surface area contributed by atoms with Gasteiger partial charge in [-0.2, -0.15) is 0 Å². The first-order valence-corrected chi connectivity index (χ1v) is 10.0. The highest BCUT2D eigenvalue weighted by Gasteiger charge is 2.24. The molecule has 1 amide bonds. The predicted octanol–water partition coefficient (Wildman–Crippen LogP) is 0.906. The molecule has 0 aromatic heterocycles. The smallest absolute Gasteiger partial charge is 0.275 e. The molecule has 0 spiro atoms. The molecule has 0 aliphatic carbocycles. The zero-order chi connectivity index (χ0) is 21.1. The van der Waals surface area contributed by atoms with Crippen LogP contribution < -0.4 is 24.6 Å². The number of carbonyl (C=O) groups excluding carboxylic acids is 1. The fraction of sp³-hybridized carbons (Fsp3) is 0.381. The molecule has 0 radical (unpaired) electrons. The number of anilines is 1. The fourth-order valence-electron chi connectivity index (χ4n) is 3.83. The number of ether oxygens (including phenoxy) is 2. The number of nitrogens with zero attached hydrogens (tertiary/aromatic N) is 2. The molecule has 2 aliphatic rings. The number of nitro benzene ring substituents is 1. The molecule has 1 saturated heterocycles. The van der Waals surface area contributed by atoms with Crippen molar-refractivity contribution in [2.24, 2.45) is 0 Å². The minimum Gasteiger partial charge on any atom is -0.454 e. The minimum atomic E-state index is -0.394. The summed E-state index contributed by atoms with van der Waals surface area (Å²) in [6.45, 7) is 5.89. The van der Waals surface area contributed by atoms with Crippen molar-refractivity contribution in [2.75, 3.05) is 44.4 Å². The Kier molecular flexibility index (Phi) is 5.71. The Morgan fingerprint density at radius 3 is 2.57 bits per heavy atom. The van der Waals surface area contributed by atoms with E-state index in [1.165, 1.54) is 17.0 Å².